The van der Waals surface area contributed by atoms with Crippen molar-refractivity contribution in [3.05, 3.63) is 17.0 Å². The van der Waals surface area contributed by atoms with Crippen LogP contribution in [0, 0.1) is 11.8 Å². The third-order valence-electron chi connectivity index (χ3n) is 4.61. The monoisotopic (exact) mass is 233 g/mol. The molecule has 3 nitrogen and oxygen atoms in total. The van der Waals surface area contributed by atoms with E-state index in [1.165, 1.54) is 37.1 Å². The van der Waals surface area contributed by atoms with Crippen molar-refractivity contribution in [1.82, 2.24) is 15.5 Å². The molecule has 0 amide bonds. The standard InChI is InChI=1S/C14H23N3/c1-9(2)10-3-4-13-12(7-10)14(17-16-13)11-5-6-15-8-11/h9-11,15H,3-8H2,1-2H3,(H,16,17). The maximum absolute atomic E-state index is 4.61. The number of rotatable bonds is 2. The number of aryl methyl sites for hydroxylation is 1. The molecule has 2 unspecified atom stereocenters. The van der Waals surface area contributed by atoms with Crippen molar-refractivity contribution in [2.45, 2.75) is 45.4 Å². The Kier molecular flexibility index (Phi) is 2.95. The van der Waals surface area contributed by atoms with Crippen LogP contribution >= 0.6 is 0 Å². The molecule has 0 bridgehead atoms. The van der Waals surface area contributed by atoms with Crippen molar-refractivity contribution >= 4 is 0 Å². The number of hydrogen-bond donors (Lipinski definition) is 2. The van der Waals surface area contributed by atoms with E-state index in [0.29, 0.717) is 5.92 Å². The normalized spacial score (nSPS) is 28.6. The smallest absolute Gasteiger partial charge is 0.0701 e. The number of nitrogens with one attached hydrogen (secondary N) is 2. The quantitative estimate of drug-likeness (QED) is 0.822. The SMILES string of the molecule is CC(C)C1CCc2[nH]nc(C3CCNC3)c2C1. The number of aromatic amines is 1. The van der Waals surface area contributed by atoms with Crippen LogP contribution in [-0.4, -0.2) is 23.3 Å². The third-order valence-corrected chi connectivity index (χ3v) is 4.61. The molecule has 1 aromatic rings. The molecule has 1 fully saturated rings. The molecule has 1 aromatic heterocycles. The molecule has 3 heteroatoms. The maximum Gasteiger partial charge on any atom is 0.0701 e. The number of fused-ring (bicyclic) bond motifs is 1. The molecular weight excluding hydrogens is 210 g/mol. The van der Waals surface area contributed by atoms with E-state index in [-0.39, 0.29) is 0 Å². The van der Waals surface area contributed by atoms with Crippen LogP contribution in [0.25, 0.3) is 0 Å². The molecule has 1 aliphatic heterocycles. The number of H-pyrrole nitrogens is 1. The second-order valence-corrected chi connectivity index (χ2v) is 6.00. The van der Waals surface area contributed by atoms with Crippen LogP contribution in [0.5, 0.6) is 0 Å². The van der Waals surface area contributed by atoms with Crippen molar-refractivity contribution in [3.63, 3.8) is 0 Å². The van der Waals surface area contributed by atoms with Gasteiger partial charge in [-0.25, -0.2) is 0 Å². The fourth-order valence-electron chi connectivity index (χ4n) is 3.34. The van der Waals surface area contributed by atoms with Crippen LogP contribution in [0.3, 0.4) is 0 Å². The van der Waals surface area contributed by atoms with Gasteiger partial charge in [0.1, 0.15) is 0 Å². The molecular formula is C14H23N3. The van der Waals surface area contributed by atoms with Crippen molar-refractivity contribution in [2.75, 3.05) is 13.1 Å². The lowest BCUT2D eigenvalue weighted by Gasteiger charge is -2.26. The van der Waals surface area contributed by atoms with Crippen molar-refractivity contribution < 1.29 is 0 Å². The molecule has 94 valence electrons. The van der Waals surface area contributed by atoms with E-state index in [0.717, 1.165) is 24.9 Å². The molecule has 2 aliphatic rings. The minimum atomic E-state index is 0.654. The van der Waals surface area contributed by atoms with Crippen LogP contribution in [-0.2, 0) is 12.8 Å². The third kappa shape index (κ3) is 2.01. The Balaban J connectivity index is 1.85. The highest BCUT2D eigenvalue weighted by molar-refractivity contribution is 5.31. The molecule has 2 heterocycles. The van der Waals surface area contributed by atoms with E-state index in [9.17, 15) is 0 Å². The highest BCUT2D eigenvalue weighted by Gasteiger charge is 2.29. The van der Waals surface area contributed by atoms with Gasteiger partial charge >= 0.3 is 0 Å². The average molecular weight is 233 g/mol. The molecule has 1 saturated heterocycles. The zero-order valence-electron chi connectivity index (χ0n) is 10.9. The van der Waals surface area contributed by atoms with Gasteiger partial charge in [-0.3, -0.25) is 5.10 Å². The Labute approximate surface area is 103 Å². The first-order valence-electron chi connectivity index (χ1n) is 7.02. The summed E-state index contributed by atoms with van der Waals surface area (Å²) in [6, 6.07) is 0. The summed E-state index contributed by atoms with van der Waals surface area (Å²) in [5.74, 6) is 2.31. The first-order chi connectivity index (χ1) is 8.25. The van der Waals surface area contributed by atoms with Crippen LogP contribution in [0.15, 0.2) is 0 Å². The van der Waals surface area contributed by atoms with E-state index >= 15 is 0 Å². The van der Waals surface area contributed by atoms with Gasteiger partial charge in [-0.1, -0.05) is 13.8 Å². The Bertz CT molecular complexity index is 388. The number of nitrogens with zero attached hydrogens (tertiary/aromatic N) is 1. The van der Waals surface area contributed by atoms with Crippen LogP contribution in [0.2, 0.25) is 0 Å². The predicted molar refractivity (Wildman–Crippen MR) is 69.2 cm³/mol. The van der Waals surface area contributed by atoms with Crippen molar-refractivity contribution in [3.8, 4) is 0 Å². The summed E-state index contributed by atoms with van der Waals surface area (Å²) in [6.07, 6.45) is 5.03. The zero-order valence-corrected chi connectivity index (χ0v) is 10.9. The van der Waals surface area contributed by atoms with Gasteiger partial charge in [-0.15, -0.1) is 0 Å². The van der Waals surface area contributed by atoms with Gasteiger partial charge in [0.25, 0.3) is 0 Å². The minimum absolute atomic E-state index is 0.654. The van der Waals surface area contributed by atoms with Gasteiger partial charge in [-0.2, -0.15) is 5.10 Å². The number of hydrogen-bond acceptors (Lipinski definition) is 2. The predicted octanol–water partition coefficient (Wildman–Crippen LogP) is 2.25. The second-order valence-electron chi connectivity index (χ2n) is 6.00. The van der Waals surface area contributed by atoms with Gasteiger partial charge < -0.3 is 5.32 Å². The Morgan fingerprint density at radius 2 is 2.18 bits per heavy atom. The highest BCUT2D eigenvalue weighted by Crippen LogP contribution is 2.34. The van der Waals surface area contributed by atoms with Crippen molar-refractivity contribution in [1.29, 1.82) is 0 Å². The van der Waals surface area contributed by atoms with Crippen molar-refractivity contribution in [2.24, 2.45) is 11.8 Å². The van der Waals surface area contributed by atoms with Crippen LogP contribution in [0.4, 0.5) is 0 Å². The van der Waals surface area contributed by atoms with Crippen LogP contribution in [0.1, 0.15) is 49.6 Å². The Morgan fingerprint density at radius 3 is 2.88 bits per heavy atom. The minimum Gasteiger partial charge on any atom is -0.316 e. The van der Waals surface area contributed by atoms with E-state index in [4.69, 9.17) is 0 Å². The summed E-state index contributed by atoms with van der Waals surface area (Å²) in [5, 5.41) is 11.3. The van der Waals surface area contributed by atoms with E-state index < -0.39 is 0 Å². The van der Waals surface area contributed by atoms with E-state index in [1.54, 1.807) is 5.56 Å². The summed E-state index contributed by atoms with van der Waals surface area (Å²) >= 11 is 0. The topological polar surface area (TPSA) is 40.7 Å². The molecule has 0 radical (unpaired) electrons. The maximum atomic E-state index is 4.61. The molecule has 0 aromatic carbocycles. The Morgan fingerprint density at radius 1 is 1.29 bits per heavy atom. The fourth-order valence-corrected chi connectivity index (χ4v) is 3.34. The summed E-state index contributed by atoms with van der Waals surface area (Å²) in [4.78, 5) is 0. The Hall–Kier alpha value is -0.830. The van der Waals surface area contributed by atoms with Gasteiger partial charge in [-0.05, 0) is 49.6 Å². The van der Waals surface area contributed by atoms with E-state index in [1.807, 2.05) is 0 Å². The summed E-state index contributed by atoms with van der Waals surface area (Å²) in [5.41, 5.74) is 4.35. The molecule has 1 aliphatic carbocycles. The molecule has 2 N–H and O–H groups in total. The summed E-state index contributed by atoms with van der Waals surface area (Å²) in [6.45, 7) is 6.97. The molecule has 0 spiro atoms. The van der Waals surface area contributed by atoms with Crippen LogP contribution < -0.4 is 5.32 Å². The lowest BCUT2D eigenvalue weighted by Crippen LogP contribution is -2.20. The zero-order chi connectivity index (χ0) is 11.8. The molecule has 2 atom stereocenters. The van der Waals surface area contributed by atoms with Gasteiger partial charge in [0.05, 0.1) is 5.69 Å². The molecule has 0 saturated carbocycles. The average Bonchev–Trinajstić information content (AvgIpc) is 2.96. The molecule has 3 rings (SSSR count). The fraction of sp³-hybridized carbons (Fsp3) is 0.786. The summed E-state index contributed by atoms with van der Waals surface area (Å²) < 4.78 is 0. The number of aromatic nitrogens is 2. The van der Waals surface area contributed by atoms with Gasteiger partial charge in [0.15, 0.2) is 0 Å². The largest absolute Gasteiger partial charge is 0.316 e. The first-order valence-corrected chi connectivity index (χ1v) is 7.02. The first kappa shape index (κ1) is 11.3. The van der Waals surface area contributed by atoms with E-state index in [2.05, 4.69) is 29.4 Å². The molecule has 17 heavy (non-hydrogen) atoms. The highest BCUT2D eigenvalue weighted by atomic mass is 15.1. The van der Waals surface area contributed by atoms with Gasteiger partial charge in [0.2, 0.25) is 0 Å². The lowest BCUT2D eigenvalue weighted by molar-refractivity contribution is 0.340. The lowest BCUT2D eigenvalue weighted by atomic mass is 9.79. The second kappa shape index (κ2) is 4.45. The summed E-state index contributed by atoms with van der Waals surface area (Å²) in [7, 11) is 0. The van der Waals surface area contributed by atoms with Gasteiger partial charge in [0, 0.05) is 18.2 Å².